The number of rotatable bonds is 0. The summed E-state index contributed by atoms with van der Waals surface area (Å²) in [5, 5.41) is 6.22. The van der Waals surface area contributed by atoms with Gasteiger partial charge in [-0.1, -0.05) is 0 Å². The average Bonchev–Trinajstić information content (AvgIpc) is 2.33. The molecule has 0 amide bonds. The van der Waals surface area contributed by atoms with Crippen molar-refractivity contribution in [3.05, 3.63) is 17.9 Å². The molecule has 0 radical (unpaired) electrons. The van der Waals surface area contributed by atoms with Gasteiger partial charge in [-0.3, -0.25) is 5.32 Å². The molecule has 3 nitrogen and oxygen atoms in total. The highest BCUT2D eigenvalue weighted by Gasteiger charge is 2.08. The van der Waals surface area contributed by atoms with Crippen LogP contribution < -0.4 is 10.6 Å². The van der Waals surface area contributed by atoms with Gasteiger partial charge < -0.3 is 9.73 Å². The Kier molecular flexibility index (Phi) is 0.960. The highest BCUT2D eigenvalue weighted by Crippen LogP contribution is 2.17. The van der Waals surface area contributed by atoms with Crippen molar-refractivity contribution < 1.29 is 4.42 Å². The zero-order valence-electron chi connectivity index (χ0n) is 4.98. The monoisotopic (exact) mass is 124 g/mol. The molecular formula is C6H8N2O. The Balaban J connectivity index is 2.39. The highest BCUT2D eigenvalue weighted by atomic mass is 16.3. The predicted octanol–water partition coefficient (Wildman–Crippen LogP) is 0.752. The molecule has 0 aliphatic carbocycles. The number of nitrogens with one attached hydrogen (secondary N) is 2. The highest BCUT2D eigenvalue weighted by molar-refractivity contribution is 5.42. The molecule has 0 fully saturated rings. The molecule has 1 aromatic rings. The molecule has 1 aromatic heterocycles. The van der Waals surface area contributed by atoms with Crippen LogP contribution in [-0.4, -0.2) is 6.67 Å². The fraction of sp³-hybridized carbons (Fsp3) is 0.333. The predicted molar refractivity (Wildman–Crippen MR) is 34.0 cm³/mol. The van der Waals surface area contributed by atoms with Gasteiger partial charge in [0, 0.05) is 12.1 Å². The largest absolute Gasteiger partial charge is 0.449 e. The van der Waals surface area contributed by atoms with E-state index in [1.165, 1.54) is 5.56 Å². The molecule has 2 heterocycles. The summed E-state index contributed by atoms with van der Waals surface area (Å²) < 4.78 is 5.10. The van der Waals surface area contributed by atoms with Gasteiger partial charge in [-0.25, -0.2) is 0 Å². The first-order valence-corrected chi connectivity index (χ1v) is 2.98. The maximum atomic E-state index is 5.10. The fourth-order valence-electron chi connectivity index (χ4n) is 0.970. The maximum Gasteiger partial charge on any atom is 0.198 e. The summed E-state index contributed by atoms with van der Waals surface area (Å²) in [7, 11) is 0. The Labute approximate surface area is 53.0 Å². The van der Waals surface area contributed by atoms with Crippen molar-refractivity contribution in [2.45, 2.75) is 6.54 Å². The summed E-state index contributed by atoms with van der Waals surface area (Å²) >= 11 is 0. The molecule has 0 aromatic carbocycles. The Bertz CT molecular complexity index is 186. The van der Waals surface area contributed by atoms with Crippen LogP contribution in [0.3, 0.4) is 0 Å². The van der Waals surface area contributed by atoms with E-state index in [1.807, 2.05) is 6.07 Å². The number of furan rings is 1. The lowest BCUT2D eigenvalue weighted by molar-refractivity contribution is 0.556. The fourth-order valence-corrected chi connectivity index (χ4v) is 0.970. The summed E-state index contributed by atoms with van der Waals surface area (Å²) in [5.41, 5.74) is 1.21. The van der Waals surface area contributed by atoms with Crippen LogP contribution in [0.4, 0.5) is 5.88 Å². The molecule has 48 valence electrons. The summed E-state index contributed by atoms with van der Waals surface area (Å²) in [6.45, 7) is 1.72. The van der Waals surface area contributed by atoms with Crippen molar-refractivity contribution in [3.63, 3.8) is 0 Å². The van der Waals surface area contributed by atoms with Crippen molar-refractivity contribution in [2.75, 3.05) is 12.0 Å². The maximum absolute atomic E-state index is 5.10. The van der Waals surface area contributed by atoms with Crippen molar-refractivity contribution in [2.24, 2.45) is 0 Å². The van der Waals surface area contributed by atoms with Crippen LogP contribution >= 0.6 is 0 Å². The van der Waals surface area contributed by atoms with Gasteiger partial charge in [0.1, 0.15) is 0 Å². The van der Waals surface area contributed by atoms with E-state index in [0.717, 1.165) is 19.1 Å². The van der Waals surface area contributed by atoms with Gasteiger partial charge >= 0.3 is 0 Å². The van der Waals surface area contributed by atoms with E-state index >= 15 is 0 Å². The number of anilines is 1. The van der Waals surface area contributed by atoms with Crippen molar-refractivity contribution in [1.82, 2.24) is 5.32 Å². The van der Waals surface area contributed by atoms with E-state index in [0.29, 0.717) is 0 Å². The topological polar surface area (TPSA) is 37.2 Å². The minimum absolute atomic E-state index is 0.806. The summed E-state index contributed by atoms with van der Waals surface area (Å²) in [5.74, 6) is 0.911. The quantitative estimate of drug-likeness (QED) is 0.536. The van der Waals surface area contributed by atoms with E-state index in [2.05, 4.69) is 10.6 Å². The third kappa shape index (κ3) is 0.695. The molecule has 1 aliphatic heterocycles. The standard InChI is InChI=1S/C6H8N2O/c1-2-9-6-5(1)3-7-4-8-6/h1-2,7-8H,3-4H2. The van der Waals surface area contributed by atoms with Crippen molar-refractivity contribution in [3.8, 4) is 0 Å². The zero-order chi connectivity index (χ0) is 6.10. The molecule has 1 aliphatic rings. The van der Waals surface area contributed by atoms with E-state index in [4.69, 9.17) is 4.42 Å². The van der Waals surface area contributed by atoms with Gasteiger partial charge in [0.05, 0.1) is 12.9 Å². The molecule has 0 spiro atoms. The molecule has 0 unspecified atom stereocenters. The second kappa shape index (κ2) is 1.77. The van der Waals surface area contributed by atoms with Crippen molar-refractivity contribution >= 4 is 5.88 Å². The van der Waals surface area contributed by atoms with E-state index in [1.54, 1.807) is 6.26 Å². The first-order valence-electron chi connectivity index (χ1n) is 2.98. The molecule has 2 N–H and O–H groups in total. The smallest absolute Gasteiger partial charge is 0.198 e. The summed E-state index contributed by atoms with van der Waals surface area (Å²) in [6, 6.07) is 1.97. The molecular weight excluding hydrogens is 116 g/mol. The normalized spacial score (nSPS) is 16.4. The lowest BCUT2D eigenvalue weighted by Crippen LogP contribution is -2.26. The first-order chi connectivity index (χ1) is 4.47. The molecule has 0 saturated heterocycles. The van der Waals surface area contributed by atoms with Crippen LogP contribution in [-0.2, 0) is 6.54 Å². The molecule has 0 saturated carbocycles. The molecule has 3 heteroatoms. The van der Waals surface area contributed by atoms with Gasteiger partial charge in [0.25, 0.3) is 0 Å². The van der Waals surface area contributed by atoms with E-state index in [9.17, 15) is 0 Å². The van der Waals surface area contributed by atoms with Crippen LogP contribution in [0, 0.1) is 0 Å². The molecule has 0 atom stereocenters. The molecule has 0 bridgehead atoms. The van der Waals surface area contributed by atoms with E-state index < -0.39 is 0 Å². The Hall–Kier alpha value is -0.960. The average molecular weight is 124 g/mol. The Morgan fingerprint density at radius 2 is 2.56 bits per heavy atom. The summed E-state index contributed by atoms with van der Waals surface area (Å²) in [4.78, 5) is 0. The van der Waals surface area contributed by atoms with Gasteiger partial charge in [-0.2, -0.15) is 0 Å². The lowest BCUT2D eigenvalue weighted by atomic mass is 10.3. The van der Waals surface area contributed by atoms with E-state index in [-0.39, 0.29) is 0 Å². The number of hydrogen-bond donors (Lipinski definition) is 2. The van der Waals surface area contributed by atoms with Crippen LogP contribution in [0.5, 0.6) is 0 Å². The zero-order valence-corrected chi connectivity index (χ0v) is 4.98. The third-order valence-electron chi connectivity index (χ3n) is 1.44. The Morgan fingerprint density at radius 3 is 3.44 bits per heavy atom. The van der Waals surface area contributed by atoms with Gasteiger partial charge in [-0.05, 0) is 6.07 Å². The SMILES string of the molecule is c1cc2c(o1)NCNC2. The minimum atomic E-state index is 0.806. The number of fused-ring (bicyclic) bond motifs is 1. The minimum Gasteiger partial charge on any atom is -0.449 e. The van der Waals surface area contributed by atoms with Crippen LogP contribution in [0.25, 0.3) is 0 Å². The first kappa shape index (κ1) is 4.88. The van der Waals surface area contributed by atoms with Crippen LogP contribution in [0.2, 0.25) is 0 Å². The summed E-state index contributed by atoms with van der Waals surface area (Å²) in [6.07, 6.45) is 1.70. The second-order valence-electron chi connectivity index (χ2n) is 2.06. The third-order valence-corrected chi connectivity index (χ3v) is 1.44. The van der Waals surface area contributed by atoms with Gasteiger partial charge in [-0.15, -0.1) is 0 Å². The lowest BCUT2D eigenvalue weighted by Gasteiger charge is -2.12. The second-order valence-corrected chi connectivity index (χ2v) is 2.06. The Morgan fingerprint density at radius 1 is 1.56 bits per heavy atom. The number of hydrogen-bond acceptors (Lipinski definition) is 3. The van der Waals surface area contributed by atoms with Gasteiger partial charge in [0.15, 0.2) is 5.88 Å². The van der Waals surface area contributed by atoms with Crippen LogP contribution in [0.15, 0.2) is 16.7 Å². The van der Waals surface area contributed by atoms with Crippen molar-refractivity contribution in [1.29, 1.82) is 0 Å². The van der Waals surface area contributed by atoms with Crippen LogP contribution in [0.1, 0.15) is 5.56 Å². The van der Waals surface area contributed by atoms with Gasteiger partial charge in [0.2, 0.25) is 0 Å². The molecule has 9 heavy (non-hydrogen) atoms. The molecule has 2 rings (SSSR count).